The summed E-state index contributed by atoms with van der Waals surface area (Å²) in [6, 6.07) is 5.73. The molecule has 6 heteroatoms. The van der Waals surface area contributed by atoms with Crippen molar-refractivity contribution in [1.82, 2.24) is 15.0 Å². The van der Waals surface area contributed by atoms with E-state index in [0.717, 1.165) is 16.8 Å². The maximum atomic E-state index is 10.8. The quantitative estimate of drug-likeness (QED) is 0.923. The molecule has 2 rings (SSSR count). The Morgan fingerprint density at radius 1 is 1.44 bits per heavy atom. The maximum Gasteiger partial charge on any atom is 0.309 e. The smallest absolute Gasteiger partial charge is 0.309 e. The molecule has 0 bridgehead atoms. The van der Waals surface area contributed by atoms with E-state index in [0.29, 0.717) is 5.69 Å². The predicted octanol–water partition coefficient (Wildman–Crippen LogP) is 2.16. The van der Waals surface area contributed by atoms with Crippen LogP contribution in [0.5, 0.6) is 0 Å². The van der Waals surface area contributed by atoms with Crippen molar-refractivity contribution in [2.75, 3.05) is 0 Å². The van der Waals surface area contributed by atoms with Gasteiger partial charge in [-0.05, 0) is 31.0 Å². The van der Waals surface area contributed by atoms with Crippen LogP contribution in [0.2, 0.25) is 5.15 Å². The van der Waals surface area contributed by atoms with E-state index in [1.54, 1.807) is 0 Å². The number of aryl methyl sites for hydroxylation is 1. The van der Waals surface area contributed by atoms with Crippen LogP contribution in [0, 0.1) is 13.8 Å². The number of aromatic nitrogens is 3. The molecule has 0 aliphatic heterocycles. The molecule has 0 aliphatic carbocycles. The predicted molar refractivity (Wildman–Crippen MR) is 67.2 cm³/mol. The second kappa shape index (κ2) is 4.78. The number of nitrogens with zero attached hydrogens (tertiary/aromatic N) is 3. The Balaban J connectivity index is 2.57. The van der Waals surface area contributed by atoms with Gasteiger partial charge >= 0.3 is 5.97 Å². The molecule has 0 saturated carbocycles. The van der Waals surface area contributed by atoms with Crippen LogP contribution in [0.3, 0.4) is 0 Å². The van der Waals surface area contributed by atoms with E-state index in [1.807, 2.05) is 32.0 Å². The highest BCUT2D eigenvalue weighted by Gasteiger charge is 2.17. The van der Waals surface area contributed by atoms with Gasteiger partial charge in [0.25, 0.3) is 0 Å². The number of carbonyl (C=O) groups is 1. The van der Waals surface area contributed by atoms with E-state index < -0.39 is 5.97 Å². The molecule has 1 heterocycles. The van der Waals surface area contributed by atoms with E-state index in [9.17, 15) is 4.79 Å². The van der Waals surface area contributed by atoms with E-state index in [4.69, 9.17) is 16.7 Å². The summed E-state index contributed by atoms with van der Waals surface area (Å²) in [7, 11) is 0. The van der Waals surface area contributed by atoms with Gasteiger partial charge in [0, 0.05) is 0 Å². The number of rotatable bonds is 3. The van der Waals surface area contributed by atoms with Crippen LogP contribution in [0.1, 0.15) is 16.8 Å². The van der Waals surface area contributed by atoms with Crippen molar-refractivity contribution in [2.24, 2.45) is 0 Å². The van der Waals surface area contributed by atoms with E-state index in [2.05, 4.69) is 10.3 Å². The number of aliphatic carboxylic acids is 1. The van der Waals surface area contributed by atoms with Gasteiger partial charge in [-0.1, -0.05) is 28.9 Å². The lowest BCUT2D eigenvalue weighted by molar-refractivity contribution is -0.136. The molecule has 0 aliphatic rings. The van der Waals surface area contributed by atoms with Crippen molar-refractivity contribution < 1.29 is 9.90 Å². The molecule has 1 aromatic carbocycles. The highest BCUT2D eigenvalue weighted by atomic mass is 35.5. The second-order valence-corrected chi connectivity index (χ2v) is 4.39. The summed E-state index contributed by atoms with van der Waals surface area (Å²) < 4.78 is 1.48. The summed E-state index contributed by atoms with van der Waals surface area (Å²) in [5, 5.41) is 16.6. The first-order chi connectivity index (χ1) is 8.50. The number of benzene rings is 1. The molecule has 0 atom stereocenters. The number of carboxylic acid groups (broad SMARTS) is 1. The van der Waals surface area contributed by atoms with Gasteiger partial charge in [0.15, 0.2) is 5.15 Å². The second-order valence-electron chi connectivity index (χ2n) is 4.03. The highest BCUT2D eigenvalue weighted by Crippen LogP contribution is 2.21. The van der Waals surface area contributed by atoms with Gasteiger partial charge < -0.3 is 5.11 Å². The summed E-state index contributed by atoms with van der Waals surface area (Å²) in [6.07, 6.45) is -0.209. The van der Waals surface area contributed by atoms with Gasteiger partial charge in [0.1, 0.15) is 0 Å². The van der Waals surface area contributed by atoms with Gasteiger partial charge in [0.2, 0.25) is 0 Å². The first-order valence-electron chi connectivity index (χ1n) is 5.39. The Hall–Kier alpha value is -1.88. The average molecular weight is 266 g/mol. The van der Waals surface area contributed by atoms with Crippen molar-refractivity contribution in [3.05, 3.63) is 40.2 Å². The van der Waals surface area contributed by atoms with Crippen molar-refractivity contribution >= 4 is 17.6 Å². The lowest BCUT2D eigenvalue weighted by Gasteiger charge is -2.10. The molecule has 18 heavy (non-hydrogen) atoms. The van der Waals surface area contributed by atoms with Crippen molar-refractivity contribution in [1.29, 1.82) is 0 Å². The molecule has 0 fully saturated rings. The summed E-state index contributed by atoms with van der Waals surface area (Å²) in [5.74, 6) is -0.967. The maximum absolute atomic E-state index is 10.8. The molecule has 0 saturated heterocycles. The Morgan fingerprint density at radius 2 is 2.17 bits per heavy atom. The molecule has 0 amide bonds. The van der Waals surface area contributed by atoms with E-state index in [1.165, 1.54) is 4.68 Å². The third-order valence-corrected chi connectivity index (χ3v) is 3.13. The molecule has 2 aromatic rings. The molecule has 1 aromatic heterocycles. The van der Waals surface area contributed by atoms with Crippen LogP contribution < -0.4 is 0 Å². The largest absolute Gasteiger partial charge is 0.481 e. The molecular weight excluding hydrogens is 254 g/mol. The highest BCUT2D eigenvalue weighted by molar-refractivity contribution is 6.30. The Morgan fingerprint density at radius 3 is 2.83 bits per heavy atom. The van der Waals surface area contributed by atoms with Crippen LogP contribution in [0.4, 0.5) is 0 Å². The summed E-state index contributed by atoms with van der Waals surface area (Å²) >= 11 is 5.87. The fourth-order valence-corrected chi connectivity index (χ4v) is 1.91. The van der Waals surface area contributed by atoms with Gasteiger partial charge in [-0.2, -0.15) is 0 Å². The van der Waals surface area contributed by atoms with Crippen molar-refractivity contribution in [3.63, 3.8) is 0 Å². The Labute approximate surface area is 109 Å². The zero-order chi connectivity index (χ0) is 13.3. The number of halogens is 1. The lowest BCUT2D eigenvalue weighted by Crippen LogP contribution is -2.09. The minimum atomic E-state index is -0.967. The van der Waals surface area contributed by atoms with Crippen LogP contribution in [0.15, 0.2) is 18.2 Å². The number of hydrogen-bond acceptors (Lipinski definition) is 3. The minimum absolute atomic E-state index is 0.123. The zero-order valence-corrected chi connectivity index (χ0v) is 10.8. The van der Waals surface area contributed by atoms with Crippen molar-refractivity contribution in [3.8, 4) is 5.69 Å². The molecule has 5 nitrogen and oxygen atoms in total. The minimum Gasteiger partial charge on any atom is -0.481 e. The molecule has 0 unspecified atom stereocenters. The van der Waals surface area contributed by atoms with E-state index in [-0.39, 0.29) is 11.6 Å². The van der Waals surface area contributed by atoms with Crippen LogP contribution in [-0.2, 0) is 11.2 Å². The SMILES string of the molecule is Cc1cccc(-n2nnc(Cl)c2CC(=O)O)c1C. The first kappa shape index (κ1) is 12.6. The molecule has 94 valence electrons. The van der Waals surface area contributed by atoms with Gasteiger partial charge in [0.05, 0.1) is 17.8 Å². The third kappa shape index (κ3) is 2.22. The topological polar surface area (TPSA) is 68.0 Å². The lowest BCUT2D eigenvalue weighted by atomic mass is 10.1. The first-order valence-corrected chi connectivity index (χ1v) is 5.77. The van der Waals surface area contributed by atoms with Crippen LogP contribution in [0.25, 0.3) is 5.69 Å². The number of hydrogen-bond donors (Lipinski definition) is 1. The third-order valence-electron chi connectivity index (χ3n) is 2.84. The monoisotopic (exact) mass is 265 g/mol. The average Bonchev–Trinajstić information content (AvgIpc) is 2.64. The standard InChI is InChI=1S/C12H12ClN3O2/c1-7-4-3-5-9(8(7)2)16-10(6-11(17)18)12(13)14-15-16/h3-5H,6H2,1-2H3,(H,17,18). The number of carboxylic acids is 1. The Kier molecular flexibility index (Phi) is 3.34. The molecule has 1 N–H and O–H groups in total. The molecule has 0 radical (unpaired) electrons. The Bertz CT molecular complexity index is 607. The van der Waals surface area contributed by atoms with Crippen LogP contribution >= 0.6 is 11.6 Å². The van der Waals surface area contributed by atoms with Crippen molar-refractivity contribution in [2.45, 2.75) is 20.3 Å². The zero-order valence-electron chi connectivity index (χ0n) is 10.0. The summed E-state index contributed by atoms with van der Waals surface area (Å²) in [6.45, 7) is 3.93. The summed E-state index contributed by atoms with van der Waals surface area (Å²) in [4.78, 5) is 10.8. The fourth-order valence-electron chi connectivity index (χ4n) is 1.73. The molecule has 0 spiro atoms. The molecular formula is C12H12ClN3O2. The van der Waals surface area contributed by atoms with Gasteiger partial charge in [-0.25, -0.2) is 4.68 Å². The summed E-state index contributed by atoms with van der Waals surface area (Å²) in [5.41, 5.74) is 3.30. The van der Waals surface area contributed by atoms with Gasteiger partial charge in [-0.3, -0.25) is 4.79 Å². The normalized spacial score (nSPS) is 10.6. The van der Waals surface area contributed by atoms with Gasteiger partial charge in [-0.15, -0.1) is 5.10 Å². The van der Waals surface area contributed by atoms with Crippen LogP contribution in [-0.4, -0.2) is 26.1 Å². The van der Waals surface area contributed by atoms with E-state index >= 15 is 0 Å². The fraction of sp³-hybridized carbons (Fsp3) is 0.250.